The summed E-state index contributed by atoms with van der Waals surface area (Å²) >= 11 is 0. The van der Waals surface area contributed by atoms with E-state index in [1.54, 1.807) is 19.1 Å². The standard InChI is InChI=1S/C23H26N4O6/c1-2-19(28)27-16(13-8-9-17-18(10-13)33-12-32-17)11-15(25-27)20-21(29)24-23(31)26(22(20)30)14-6-4-3-5-7-14/h8-10,14,16,30H,2-7,11-12H2,1H3,(H,24,29,31)/t16-/m0/s1. The first-order chi connectivity index (χ1) is 16.0. The summed E-state index contributed by atoms with van der Waals surface area (Å²) in [5.41, 5.74) is -0.351. The molecule has 0 spiro atoms. The fourth-order valence-electron chi connectivity index (χ4n) is 4.91. The zero-order valence-electron chi connectivity index (χ0n) is 18.4. The van der Waals surface area contributed by atoms with Crippen molar-refractivity contribution in [1.29, 1.82) is 0 Å². The van der Waals surface area contributed by atoms with Gasteiger partial charge in [0.2, 0.25) is 18.6 Å². The molecule has 1 amide bonds. The number of rotatable bonds is 4. The average Bonchev–Trinajstić information content (AvgIpc) is 3.46. The normalized spacial score (nSPS) is 20.2. The second kappa shape index (κ2) is 8.42. The number of aromatic amines is 1. The fourth-order valence-corrected chi connectivity index (χ4v) is 4.91. The van der Waals surface area contributed by atoms with Crippen LogP contribution in [0.15, 0.2) is 32.9 Å². The van der Waals surface area contributed by atoms with Crippen LogP contribution < -0.4 is 20.7 Å². The monoisotopic (exact) mass is 454 g/mol. The number of carbonyl (C=O) groups is 1. The molecule has 1 aliphatic carbocycles. The Morgan fingerprint density at radius 1 is 1.18 bits per heavy atom. The fraction of sp³-hybridized carbons (Fsp3) is 0.478. The van der Waals surface area contributed by atoms with Gasteiger partial charge in [-0.25, -0.2) is 9.80 Å². The maximum atomic E-state index is 12.8. The lowest BCUT2D eigenvalue weighted by Crippen LogP contribution is -2.36. The molecule has 2 aromatic rings. The van der Waals surface area contributed by atoms with Crippen molar-refractivity contribution in [2.75, 3.05) is 6.79 Å². The van der Waals surface area contributed by atoms with Crippen LogP contribution >= 0.6 is 0 Å². The predicted molar refractivity (Wildman–Crippen MR) is 119 cm³/mol. The summed E-state index contributed by atoms with van der Waals surface area (Å²) in [6.07, 6.45) is 4.94. The number of hydrogen-bond donors (Lipinski definition) is 2. The number of aromatic hydroxyl groups is 1. The van der Waals surface area contributed by atoms with Crippen molar-refractivity contribution >= 4 is 11.6 Å². The molecule has 1 atom stereocenters. The van der Waals surface area contributed by atoms with Gasteiger partial charge in [0.15, 0.2) is 11.5 Å². The molecule has 10 heteroatoms. The SMILES string of the molecule is CCC(=O)N1N=C(c2c(O)n(C3CCCCC3)c(=O)[nH]c2=O)C[C@H]1c1ccc2c(c1)OCO2. The highest BCUT2D eigenvalue weighted by atomic mass is 16.7. The van der Waals surface area contributed by atoms with Crippen molar-refractivity contribution < 1.29 is 19.4 Å². The summed E-state index contributed by atoms with van der Waals surface area (Å²) in [5, 5.41) is 16.9. The zero-order chi connectivity index (χ0) is 23.1. The smallest absolute Gasteiger partial charge is 0.331 e. The maximum absolute atomic E-state index is 12.8. The van der Waals surface area contributed by atoms with Gasteiger partial charge in [-0.2, -0.15) is 5.10 Å². The van der Waals surface area contributed by atoms with E-state index in [-0.39, 0.29) is 48.7 Å². The third-order valence-electron chi connectivity index (χ3n) is 6.60. The van der Waals surface area contributed by atoms with Gasteiger partial charge >= 0.3 is 5.69 Å². The van der Waals surface area contributed by atoms with E-state index in [4.69, 9.17) is 9.47 Å². The largest absolute Gasteiger partial charge is 0.494 e. The number of fused-ring (bicyclic) bond motifs is 1. The second-order valence-corrected chi connectivity index (χ2v) is 8.59. The molecule has 33 heavy (non-hydrogen) atoms. The first-order valence-electron chi connectivity index (χ1n) is 11.3. The number of carbonyl (C=O) groups excluding carboxylic acids is 1. The Hall–Kier alpha value is -3.56. The summed E-state index contributed by atoms with van der Waals surface area (Å²) in [6.45, 7) is 1.87. The van der Waals surface area contributed by atoms with Gasteiger partial charge in [0.1, 0.15) is 5.56 Å². The molecular formula is C23H26N4O6. The summed E-state index contributed by atoms with van der Waals surface area (Å²) in [4.78, 5) is 40.4. The zero-order valence-corrected chi connectivity index (χ0v) is 18.4. The molecule has 3 heterocycles. The van der Waals surface area contributed by atoms with Crippen LogP contribution in [0.2, 0.25) is 0 Å². The minimum absolute atomic E-state index is 0.0580. The highest BCUT2D eigenvalue weighted by molar-refractivity contribution is 6.04. The first-order valence-corrected chi connectivity index (χ1v) is 11.3. The van der Waals surface area contributed by atoms with Gasteiger partial charge in [0.05, 0.1) is 11.8 Å². The topological polar surface area (TPSA) is 126 Å². The Bertz CT molecular complexity index is 1240. The van der Waals surface area contributed by atoms with Gasteiger partial charge < -0.3 is 14.6 Å². The number of aromatic nitrogens is 2. The number of benzene rings is 1. The highest BCUT2D eigenvalue weighted by Crippen LogP contribution is 2.40. The van der Waals surface area contributed by atoms with E-state index in [0.717, 1.165) is 37.7 Å². The summed E-state index contributed by atoms with van der Waals surface area (Å²) in [6, 6.07) is 4.75. The van der Waals surface area contributed by atoms with E-state index in [9.17, 15) is 19.5 Å². The minimum atomic E-state index is -0.710. The molecule has 0 saturated heterocycles. The second-order valence-electron chi connectivity index (χ2n) is 8.59. The van der Waals surface area contributed by atoms with Crippen LogP contribution in [0.4, 0.5) is 0 Å². The van der Waals surface area contributed by atoms with Gasteiger partial charge in [0.25, 0.3) is 5.56 Å². The quantitative estimate of drug-likeness (QED) is 0.731. The average molecular weight is 454 g/mol. The van der Waals surface area contributed by atoms with Gasteiger partial charge in [-0.1, -0.05) is 32.3 Å². The molecule has 0 bridgehead atoms. The Morgan fingerprint density at radius 3 is 2.70 bits per heavy atom. The molecule has 3 aliphatic rings. The number of hydrazone groups is 1. The number of nitrogens with one attached hydrogen (secondary N) is 1. The van der Waals surface area contributed by atoms with E-state index < -0.39 is 17.3 Å². The van der Waals surface area contributed by atoms with E-state index in [1.807, 2.05) is 6.07 Å². The van der Waals surface area contributed by atoms with E-state index in [1.165, 1.54) is 9.58 Å². The lowest BCUT2D eigenvalue weighted by Gasteiger charge is -2.25. The van der Waals surface area contributed by atoms with Gasteiger partial charge in [0, 0.05) is 18.9 Å². The molecule has 1 aromatic heterocycles. The molecule has 5 rings (SSSR count). The predicted octanol–water partition coefficient (Wildman–Crippen LogP) is 2.56. The molecule has 0 unspecified atom stereocenters. The van der Waals surface area contributed by atoms with Crippen LogP contribution in [0.1, 0.15) is 75.1 Å². The Balaban J connectivity index is 1.56. The van der Waals surface area contributed by atoms with Crippen LogP contribution in [0.3, 0.4) is 0 Å². The summed E-state index contributed by atoms with van der Waals surface area (Å²) < 4.78 is 12.1. The highest BCUT2D eigenvalue weighted by Gasteiger charge is 2.36. The van der Waals surface area contributed by atoms with Crippen LogP contribution in [-0.2, 0) is 4.79 Å². The molecule has 1 fully saturated rings. The summed E-state index contributed by atoms with van der Waals surface area (Å²) in [5.74, 6) is 0.602. The van der Waals surface area contributed by atoms with Crippen molar-refractivity contribution in [3.8, 4) is 17.4 Å². The molecule has 174 valence electrons. The molecular weight excluding hydrogens is 428 g/mol. The Labute approximate surface area is 189 Å². The van der Waals surface area contributed by atoms with Crippen molar-refractivity contribution in [3.63, 3.8) is 0 Å². The first kappa shape index (κ1) is 21.3. The van der Waals surface area contributed by atoms with Crippen molar-refractivity contribution in [2.45, 2.75) is 64.0 Å². The number of H-pyrrole nitrogens is 1. The molecule has 1 aromatic carbocycles. The number of nitrogens with zero attached hydrogens (tertiary/aromatic N) is 3. The maximum Gasteiger partial charge on any atom is 0.331 e. The third-order valence-corrected chi connectivity index (χ3v) is 6.60. The van der Waals surface area contributed by atoms with Gasteiger partial charge in [-0.3, -0.25) is 19.1 Å². The van der Waals surface area contributed by atoms with Crippen molar-refractivity contribution in [2.24, 2.45) is 5.10 Å². The third kappa shape index (κ3) is 3.69. The Morgan fingerprint density at radius 2 is 1.94 bits per heavy atom. The van der Waals surface area contributed by atoms with Crippen molar-refractivity contribution in [1.82, 2.24) is 14.6 Å². The number of ether oxygens (including phenoxy) is 2. The molecule has 0 radical (unpaired) electrons. The van der Waals surface area contributed by atoms with Crippen LogP contribution in [0, 0.1) is 0 Å². The number of hydrogen-bond acceptors (Lipinski definition) is 7. The molecule has 1 saturated carbocycles. The lowest BCUT2D eigenvalue weighted by atomic mass is 9.95. The van der Waals surface area contributed by atoms with Crippen LogP contribution in [0.25, 0.3) is 0 Å². The van der Waals surface area contributed by atoms with E-state index in [2.05, 4.69) is 10.1 Å². The van der Waals surface area contributed by atoms with Gasteiger partial charge in [-0.05, 0) is 30.5 Å². The Kier molecular flexibility index (Phi) is 5.43. The lowest BCUT2D eigenvalue weighted by molar-refractivity contribution is -0.132. The number of amides is 1. The molecule has 2 aliphatic heterocycles. The molecule has 10 nitrogen and oxygen atoms in total. The summed E-state index contributed by atoms with van der Waals surface area (Å²) in [7, 11) is 0. The van der Waals surface area contributed by atoms with Crippen molar-refractivity contribution in [3.05, 3.63) is 50.2 Å². The minimum Gasteiger partial charge on any atom is -0.494 e. The van der Waals surface area contributed by atoms with Crippen LogP contribution in [-0.4, -0.2) is 38.1 Å². The van der Waals surface area contributed by atoms with E-state index >= 15 is 0 Å². The molecule has 2 N–H and O–H groups in total. The van der Waals surface area contributed by atoms with E-state index in [0.29, 0.717) is 11.5 Å². The van der Waals surface area contributed by atoms with Gasteiger partial charge in [-0.15, -0.1) is 0 Å². The van der Waals surface area contributed by atoms with Crippen LogP contribution in [0.5, 0.6) is 17.4 Å².